The Hall–Kier alpha value is -0.220. The Morgan fingerprint density at radius 1 is 0.727 bits per heavy atom. The molecule has 13 nitrogen and oxygen atoms in total. The molecule has 0 radical (unpaired) electrons. The summed E-state index contributed by atoms with van der Waals surface area (Å²) in [5, 5.41) is 0. The lowest BCUT2D eigenvalue weighted by molar-refractivity contribution is 0.0643. The molecule has 1 aliphatic heterocycles. The summed E-state index contributed by atoms with van der Waals surface area (Å²) in [6.45, 7) is -0.106. The number of hydrogen-bond acceptors (Lipinski definition) is 5. The van der Waals surface area contributed by atoms with Crippen molar-refractivity contribution in [3.63, 3.8) is 0 Å². The molecule has 1 saturated heterocycles. The van der Waals surface area contributed by atoms with Gasteiger partial charge in [-0.3, -0.25) is 23.2 Å². The molecule has 2 rings (SSSR count). The molecule has 1 fully saturated rings. The average molecular weight is 551 g/mol. The zero-order chi connectivity index (χ0) is 25.2. The molecule has 0 amide bonds. The van der Waals surface area contributed by atoms with Gasteiger partial charge in [-0.05, 0) is 18.4 Å². The van der Waals surface area contributed by atoms with E-state index in [1.165, 1.54) is 4.90 Å². The molecule has 2 unspecified atom stereocenters. The number of rotatable bonds is 10. The van der Waals surface area contributed by atoms with Gasteiger partial charge in [0.05, 0.1) is 23.6 Å². The summed E-state index contributed by atoms with van der Waals surface area (Å²) in [4.78, 5) is 78.7. The van der Waals surface area contributed by atoms with Gasteiger partial charge in [0.2, 0.25) is 0 Å². The molecule has 0 aliphatic carbocycles. The van der Waals surface area contributed by atoms with E-state index >= 15 is 0 Å². The van der Waals surface area contributed by atoms with Crippen LogP contribution < -0.4 is 0 Å². The lowest BCUT2D eigenvalue weighted by Gasteiger charge is -2.48. The molecule has 0 bridgehead atoms. The Bertz CT molecular complexity index is 924. The minimum Gasteiger partial charge on any atom is -0.324 e. The van der Waals surface area contributed by atoms with Crippen LogP contribution in [0, 0.1) is 0 Å². The van der Waals surface area contributed by atoms with Crippen LogP contribution in [0.1, 0.15) is 24.8 Å². The number of hydrogen-bond donors (Lipinski definition) is 8. The summed E-state index contributed by atoms with van der Waals surface area (Å²) in [5.41, 5.74) is -3.12. The number of piperidine rings is 1. The SMILES string of the molecule is O=P(O)(O)CC([C@H]1CCC[C@H](C(CP(=O)(O)O)P(=O)(O)O)N1Cc1ccccc1)P(=O)(O)O. The van der Waals surface area contributed by atoms with Crippen molar-refractivity contribution in [3.05, 3.63) is 35.9 Å². The molecule has 0 saturated carbocycles. The molecule has 1 aliphatic rings. The van der Waals surface area contributed by atoms with Gasteiger partial charge in [-0.15, -0.1) is 0 Å². The van der Waals surface area contributed by atoms with Crippen LogP contribution in [0.15, 0.2) is 30.3 Å². The van der Waals surface area contributed by atoms with E-state index in [-0.39, 0.29) is 25.8 Å². The van der Waals surface area contributed by atoms with Gasteiger partial charge in [-0.2, -0.15) is 0 Å². The van der Waals surface area contributed by atoms with Gasteiger partial charge in [-0.25, -0.2) is 0 Å². The largest absolute Gasteiger partial charge is 0.330 e. The van der Waals surface area contributed by atoms with Crippen LogP contribution in [0.25, 0.3) is 0 Å². The second-order valence-corrected chi connectivity index (χ2v) is 15.3. The average Bonchev–Trinajstić information content (AvgIpc) is 2.62. The van der Waals surface area contributed by atoms with Crippen molar-refractivity contribution in [2.24, 2.45) is 0 Å². The zero-order valence-corrected chi connectivity index (χ0v) is 21.0. The standard InChI is InChI=1S/C16H29NO12P4/c18-30(19,20)10-15(32(24,25)26)13-7-4-8-14(16(33(27,28)29)11-31(21,22)23)17(13)9-12-5-2-1-3-6-12/h1-3,5-6,13-16H,4,7-11H2,(H2,18,19,20)(H2,21,22,23)(H2,24,25,26)(H2,27,28,29)/t13-,14-,15?,16?/m1/s1. The smallest absolute Gasteiger partial charge is 0.324 e. The van der Waals surface area contributed by atoms with Crippen molar-refractivity contribution >= 4 is 30.4 Å². The first kappa shape index (κ1) is 29.0. The molecule has 4 atom stereocenters. The Morgan fingerprint density at radius 3 is 1.45 bits per heavy atom. The fourth-order valence-electron chi connectivity index (χ4n) is 4.36. The van der Waals surface area contributed by atoms with Gasteiger partial charge in [0.15, 0.2) is 0 Å². The molecule has 1 aromatic carbocycles. The fourth-order valence-corrected chi connectivity index (χ4v) is 10.3. The third kappa shape index (κ3) is 9.06. The Balaban J connectivity index is 2.60. The van der Waals surface area contributed by atoms with E-state index in [1.54, 1.807) is 30.3 Å². The van der Waals surface area contributed by atoms with Crippen molar-refractivity contribution in [3.8, 4) is 0 Å². The Labute approximate surface area is 190 Å². The first-order chi connectivity index (χ1) is 14.9. The molecule has 0 aromatic heterocycles. The zero-order valence-electron chi connectivity index (χ0n) is 17.4. The molecule has 17 heteroatoms. The van der Waals surface area contributed by atoms with Gasteiger partial charge in [-0.1, -0.05) is 36.8 Å². The van der Waals surface area contributed by atoms with Gasteiger partial charge in [0, 0.05) is 18.6 Å². The van der Waals surface area contributed by atoms with E-state index < -0.39 is 66.1 Å². The van der Waals surface area contributed by atoms with Gasteiger partial charge < -0.3 is 39.1 Å². The van der Waals surface area contributed by atoms with E-state index in [2.05, 4.69) is 0 Å². The lowest BCUT2D eigenvalue weighted by atomic mass is 9.91. The highest BCUT2D eigenvalue weighted by Gasteiger charge is 2.51. The van der Waals surface area contributed by atoms with E-state index in [0.29, 0.717) is 5.56 Å². The molecule has 0 spiro atoms. The third-order valence-corrected chi connectivity index (χ3v) is 10.8. The van der Waals surface area contributed by atoms with Crippen molar-refractivity contribution in [1.82, 2.24) is 4.90 Å². The van der Waals surface area contributed by atoms with E-state index in [4.69, 9.17) is 0 Å². The molecule has 8 N–H and O–H groups in total. The minimum absolute atomic E-state index is 0.0584. The van der Waals surface area contributed by atoms with Crippen molar-refractivity contribution in [1.29, 1.82) is 0 Å². The lowest BCUT2D eigenvalue weighted by Crippen LogP contribution is -2.56. The monoisotopic (exact) mass is 551 g/mol. The summed E-state index contributed by atoms with van der Waals surface area (Å²) in [6.07, 6.45) is -2.01. The van der Waals surface area contributed by atoms with Crippen LogP contribution in [-0.2, 0) is 24.8 Å². The first-order valence-electron chi connectivity index (χ1n) is 9.88. The summed E-state index contributed by atoms with van der Waals surface area (Å²) in [5.74, 6) is 0. The molecule has 33 heavy (non-hydrogen) atoms. The summed E-state index contributed by atoms with van der Waals surface area (Å²) >= 11 is 0. The second-order valence-electron chi connectivity index (χ2n) is 8.23. The van der Waals surface area contributed by atoms with Crippen molar-refractivity contribution in [2.45, 2.75) is 49.2 Å². The van der Waals surface area contributed by atoms with E-state index in [1.807, 2.05) is 0 Å². The summed E-state index contributed by atoms with van der Waals surface area (Å²) in [7, 11) is -20.0. The van der Waals surface area contributed by atoms with Crippen LogP contribution in [0.3, 0.4) is 0 Å². The molecule has 1 aromatic rings. The fraction of sp³-hybridized carbons (Fsp3) is 0.625. The highest BCUT2D eigenvalue weighted by Crippen LogP contribution is 2.56. The maximum atomic E-state index is 12.3. The topological polar surface area (TPSA) is 233 Å². The number of likely N-dealkylation sites (tertiary alicyclic amines) is 1. The predicted molar refractivity (Wildman–Crippen MR) is 119 cm³/mol. The maximum Gasteiger partial charge on any atom is 0.330 e. The predicted octanol–water partition coefficient (Wildman–Crippen LogP) is 0.858. The van der Waals surface area contributed by atoms with Crippen LogP contribution in [-0.4, -0.2) is 79.8 Å². The molecule has 1 heterocycles. The van der Waals surface area contributed by atoms with Crippen molar-refractivity contribution in [2.75, 3.05) is 12.3 Å². The highest BCUT2D eigenvalue weighted by molar-refractivity contribution is 7.57. The third-order valence-electron chi connectivity index (χ3n) is 5.66. The highest BCUT2D eigenvalue weighted by atomic mass is 31.2. The van der Waals surface area contributed by atoms with Gasteiger partial charge in [0.1, 0.15) is 0 Å². The Kier molecular flexibility index (Phi) is 9.50. The number of nitrogens with zero attached hydrogens (tertiary/aromatic N) is 1. The first-order valence-corrected chi connectivity index (χ1v) is 16.8. The summed E-state index contributed by atoms with van der Waals surface area (Å²) < 4.78 is 47.8. The molecular formula is C16H29NO12P4. The van der Waals surface area contributed by atoms with Crippen LogP contribution in [0.5, 0.6) is 0 Å². The quantitative estimate of drug-likeness (QED) is 0.189. The van der Waals surface area contributed by atoms with E-state index in [0.717, 1.165) is 0 Å². The minimum atomic E-state index is -5.10. The van der Waals surface area contributed by atoms with Crippen molar-refractivity contribution < 1.29 is 57.4 Å². The van der Waals surface area contributed by atoms with Crippen LogP contribution in [0.2, 0.25) is 0 Å². The number of benzene rings is 1. The van der Waals surface area contributed by atoms with Crippen LogP contribution in [0.4, 0.5) is 0 Å². The molecular weight excluding hydrogens is 522 g/mol. The molecule has 190 valence electrons. The van der Waals surface area contributed by atoms with Gasteiger partial charge in [0.25, 0.3) is 0 Å². The second kappa shape index (κ2) is 10.8. The Morgan fingerprint density at radius 2 is 1.12 bits per heavy atom. The maximum absolute atomic E-state index is 12.3. The van der Waals surface area contributed by atoms with Gasteiger partial charge >= 0.3 is 30.4 Å². The summed E-state index contributed by atoms with van der Waals surface area (Å²) in [6, 6.07) is 5.91. The van der Waals surface area contributed by atoms with E-state index in [9.17, 15) is 57.4 Å². The normalized spacial score (nSPS) is 23.3. The van der Waals surface area contributed by atoms with Crippen LogP contribution >= 0.6 is 30.4 Å².